The SMILES string of the molecule is CCC[C@@H](C)N(CCC(=O)C1CCCC1)C(=O)OC(C)(C)C. The number of carbonyl (C=O) groups is 2. The number of ether oxygens (including phenoxy) is 1. The Morgan fingerprint density at radius 3 is 2.32 bits per heavy atom. The van der Waals surface area contributed by atoms with Crippen LogP contribution >= 0.6 is 0 Å². The minimum Gasteiger partial charge on any atom is -0.444 e. The van der Waals surface area contributed by atoms with E-state index in [2.05, 4.69) is 6.92 Å². The summed E-state index contributed by atoms with van der Waals surface area (Å²) >= 11 is 0. The molecule has 0 bridgehead atoms. The summed E-state index contributed by atoms with van der Waals surface area (Å²) in [6.07, 6.45) is 6.47. The standard InChI is InChI=1S/C18H33NO3/c1-6-9-14(2)19(17(21)22-18(3,4)5)13-12-16(20)15-10-7-8-11-15/h14-15H,6-13H2,1-5H3/t14-/m1/s1. The topological polar surface area (TPSA) is 46.6 Å². The first-order valence-corrected chi connectivity index (χ1v) is 8.77. The second-order valence-electron chi connectivity index (χ2n) is 7.51. The van der Waals surface area contributed by atoms with Crippen molar-refractivity contribution in [2.45, 2.75) is 91.2 Å². The van der Waals surface area contributed by atoms with Crippen LogP contribution in [-0.4, -0.2) is 35.0 Å². The molecule has 4 heteroatoms. The molecule has 1 rings (SSSR count). The lowest BCUT2D eigenvalue weighted by molar-refractivity contribution is -0.123. The summed E-state index contributed by atoms with van der Waals surface area (Å²) in [5, 5.41) is 0. The van der Waals surface area contributed by atoms with E-state index in [1.54, 1.807) is 4.90 Å². The zero-order valence-corrected chi connectivity index (χ0v) is 15.0. The highest BCUT2D eigenvalue weighted by Gasteiger charge is 2.28. The average molecular weight is 311 g/mol. The fourth-order valence-corrected chi connectivity index (χ4v) is 3.07. The number of amides is 1. The molecule has 1 aliphatic carbocycles. The van der Waals surface area contributed by atoms with Gasteiger partial charge < -0.3 is 9.64 Å². The van der Waals surface area contributed by atoms with Crippen molar-refractivity contribution in [1.82, 2.24) is 4.90 Å². The van der Waals surface area contributed by atoms with E-state index in [-0.39, 0.29) is 18.1 Å². The van der Waals surface area contributed by atoms with E-state index >= 15 is 0 Å². The monoisotopic (exact) mass is 311 g/mol. The fourth-order valence-electron chi connectivity index (χ4n) is 3.07. The van der Waals surface area contributed by atoms with Crippen LogP contribution in [0.3, 0.4) is 0 Å². The van der Waals surface area contributed by atoms with Crippen molar-refractivity contribution in [1.29, 1.82) is 0 Å². The summed E-state index contributed by atoms with van der Waals surface area (Å²) in [7, 11) is 0. The molecule has 0 aliphatic heterocycles. The molecule has 1 saturated carbocycles. The van der Waals surface area contributed by atoms with Crippen molar-refractivity contribution in [2.75, 3.05) is 6.54 Å². The lowest BCUT2D eigenvalue weighted by Gasteiger charge is -2.31. The molecule has 0 N–H and O–H groups in total. The van der Waals surface area contributed by atoms with E-state index < -0.39 is 5.60 Å². The van der Waals surface area contributed by atoms with Crippen molar-refractivity contribution in [3.8, 4) is 0 Å². The van der Waals surface area contributed by atoms with Gasteiger partial charge >= 0.3 is 6.09 Å². The lowest BCUT2D eigenvalue weighted by Crippen LogP contribution is -2.43. The van der Waals surface area contributed by atoms with E-state index in [4.69, 9.17) is 4.74 Å². The Balaban J connectivity index is 2.60. The zero-order chi connectivity index (χ0) is 16.8. The van der Waals surface area contributed by atoms with Crippen molar-refractivity contribution >= 4 is 11.9 Å². The smallest absolute Gasteiger partial charge is 0.410 e. The second-order valence-corrected chi connectivity index (χ2v) is 7.51. The van der Waals surface area contributed by atoms with Crippen molar-refractivity contribution in [3.05, 3.63) is 0 Å². The first-order chi connectivity index (χ1) is 10.2. The highest BCUT2D eigenvalue weighted by molar-refractivity contribution is 5.82. The third-order valence-corrected chi connectivity index (χ3v) is 4.28. The van der Waals surface area contributed by atoms with Crippen LogP contribution in [0.2, 0.25) is 0 Å². The molecule has 1 atom stereocenters. The minimum atomic E-state index is -0.503. The van der Waals surface area contributed by atoms with Crippen LogP contribution in [0, 0.1) is 5.92 Å². The van der Waals surface area contributed by atoms with Gasteiger partial charge in [-0.1, -0.05) is 26.2 Å². The normalized spacial score (nSPS) is 17.3. The number of rotatable bonds is 7. The van der Waals surface area contributed by atoms with Gasteiger partial charge in [-0.05, 0) is 47.0 Å². The number of ketones is 1. The highest BCUT2D eigenvalue weighted by Crippen LogP contribution is 2.26. The predicted octanol–water partition coefficient (Wildman–Crippen LogP) is 4.56. The third kappa shape index (κ3) is 6.37. The largest absolute Gasteiger partial charge is 0.444 e. The first kappa shape index (κ1) is 19.0. The molecule has 0 aromatic carbocycles. The van der Waals surface area contributed by atoms with Crippen LogP contribution in [0.25, 0.3) is 0 Å². The van der Waals surface area contributed by atoms with Gasteiger partial charge in [0, 0.05) is 24.9 Å². The summed E-state index contributed by atoms with van der Waals surface area (Å²) in [6.45, 7) is 10.2. The van der Waals surface area contributed by atoms with Crippen LogP contribution in [0.5, 0.6) is 0 Å². The number of carbonyl (C=O) groups excluding carboxylic acids is 2. The molecular formula is C18H33NO3. The summed E-state index contributed by atoms with van der Waals surface area (Å²) in [5.41, 5.74) is -0.503. The summed E-state index contributed by atoms with van der Waals surface area (Å²) in [5.74, 6) is 0.539. The molecule has 1 aliphatic rings. The number of nitrogens with zero attached hydrogens (tertiary/aromatic N) is 1. The van der Waals surface area contributed by atoms with Gasteiger partial charge in [0.25, 0.3) is 0 Å². The number of hydrogen-bond acceptors (Lipinski definition) is 3. The van der Waals surface area contributed by atoms with E-state index in [1.807, 2.05) is 27.7 Å². The van der Waals surface area contributed by atoms with Crippen LogP contribution < -0.4 is 0 Å². The van der Waals surface area contributed by atoms with Crippen molar-refractivity contribution < 1.29 is 14.3 Å². The minimum absolute atomic E-state index is 0.108. The maximum Gasteiger partial charge on any atom is 0.410 e. The molecule has 0 saturated heterocycles. The van der Waals surface area contributed by atoms with E-state index in [9.17, 15) is 9.59 Å². The Bertz CT molecular complexity index is 367. The Morgan fingerprint density at radius 2 is 1.82 bits per heavy atom. The second kappa shape index (κ2) is 8.54. The zero-order valence-electron chi connectivity index (χ0n) is 15.0. The van der Waals surface area contributed by atoms with Crippen LogP contribution in [-0.2, 0) is 9.53 Å². The van der Waals surface area contributed by atoms with E-state index in [0.29, 0.717) is 18.7 Å². The third-order valence-electron chi connectivity index (χ3n) is 4.28. The molecule has 1 amide bonds. The van der Waals surface area contributed by atoms with Crippen molar-refractivity contribution in [3.63, 3.8) is 0 Å². The van der Waals surface area contributed by atoms with E-state index in [0.717, 1.165) is 25.7 Å². The maximum atomic E-state index is 12.4. The van der Waals surface area contributed by atoms with Gasteiger partial charge in [-0.2, -0.15) is 0 Å². The molecule has 0 heterocycles. The lowest BCUT2D eigenvalue weighted by atomic mass is 10.00. The summed E-state index contributed by atoms with van der Waals surface area (Å²) in [4.78, 5) is 26.4. The van der Waals surface area contributed by atoms with Gasteiger partial charge in [-0.15, -0.1) is 0 Å². The maximum absolute atomic E-state index is 12.4. The van der Waals surface area contributed by atoms with Crippen LogP contribution in [0.4, 0.5) is 4.79 Å². The molecule has 0 radical (unpaired) electrons. The fraction of sp³-hybridized carbons (Fsp3) is 0.889. The highest BCUT2D eigenvalue weighted by atomic mass is 16.6. The van der Waals surface area contributed by atoms with Crippen LogP contribution in [0.15, 0.2) is 0 Å². The number of Topliss-reactive ketones (excluding diaryl/α,β-unsaturated/α-hetero) is 1. The molecule has 1 fully saturated rings. The first-order valence-electron chi connectivity index (χ1n) is 8.77. The molecule has 128 valence electrons. The van der Waals surface area contributed by atoms with Gasteiger partial charge in [-0.25, -0.2) is 4.79 Å². The predicted molar refractivity (Wildman–Crippen MR) is 88.9 cm³/mol. The summed E-state index contributed by atoms with van der Waals surface area (Å²) in [6, 6.07) is 0.108. The quantitative estimate of drug-likeness (QED) is 0.692. The molecule has 0 aromatic heterocycles. The molecule has 0 unspecified atom stereocenters. The van der Waals surface area contributed by atoms with Gasteiger partial charge in [0.15, 0.2) is 0 Å². The Labute approximate surface area is 135 Å². The molecule has 0 spiro atoms. The molecular weight excluding hydrogens is 278 g/mol. The Hall–Kier alpha value is -1.06. The van der Waals surface area contributed by atoms with Gasteiger partial charge in [-0.3, -0.25) is 4.79 Å². The van der Waals surface area contributed by atoms with Gasteiger partial charge in [0.2, 0.25) is 0 Å². The number of hydrogen-bond donors (Lipinski definition) is 0. The van der Waals surface area contributed by atoms with E-state index in [1.165, 1.54) is 12.8 Å². The summed E-state index contributed by atoms with van der Waals surface area (Å²) < 4.78 is 5.50. The van der Waals surface area contributed by atoms with Gasteiger partial charge in [0.05, 0.1) is 0 Å². The molecule has 0 aromatic rings. The Morgan fingerprint density at radius 1 is 1.23 bits per heavy atom. The van der Waals surface area contributed by atoms with Gasteiger partial charge in [0.1, 0.15) is 11.4 Å². The van der Waals surface area contributed by atoms with Crippen LogP contribution in [0.1, 0.15) is 79.6 Å². The molecule has 4 nitrogen and oxygen atoms in total. The average Bonchev–Trinajstić information content (AvgIpc) is 2.90. The Kier molecular flexibility index (Phi) is 7.37. The molecule has 22 heavy (non-hydrogen) atoms. The van der Waals surface area contributed by atoms with Crippen molar-refractivity contribution in [2.24, 2.45) is 5.92 Å².